The Labute approximate surface area is 151 Å². The highest BCUT2D eigenvalue weighted by Gasteiger charge is 2.24. The third-order valence-corrected chi connectivity index (χ3v) is 4.43. The molecule has 0 fully saturated rings. The molecule has 6 nitrogen and oxygen atoms in total. The number of fused-ring (bicyclic) bond motifs is 1. The molecule has 0 saturated heterocycles. The lowest BCUT2D eigenvalue weighted by Crippen LogP contribution is -2.34. The van der Waals surface area contributed by atoms with E-state index < -0.39 is 0 Å². The van der Waals surface area contributed by atoms with Gasteiger partial charge in [-0.2, -0.15) is 0 Å². The van der Waals surface area contributed by atoms with E-state index in [1.807, 2.05) is 37.4 Å². The van der Waals surface area contributed by atoms with Gasteiger partial charge in [0.05, 0.1) is 6.54 Å². The van der Waals surface area contributed by atoms with E-state index in [-0.39, 0.29) is 12.0 Å². The van der Waals surface area contributed by atoms with Crippen molar-refractivity contribution in [3.63, 3.8) is 0 Å². The third kappa shape index (κ3) is 3.31. The smallest absolute Gasteiger partial charge is 0.273 e. The highest BCUT2D eigenvalue weighted by molar-refractivity contribution is 5.92. The molecular weight excluding hydrogens is 330 g/mol. The number of amides is 1. The molecule has 132 valence electrons. The fourth-order valence-electron chi connectivity index (χ4n) is 3.03. The van der Waals surface area contributed by atoms with Crippen molar-refractivity contribution in [3.8, 4) is 16.9 Å². The average Bonchev–Trinajstić information content (AvgIpc) is 3.32. The molecule has 1 N–H and O–H groups in total. The third-order valence-electron chi connectivity index (χ3n) is 4.43. The van der Waals surface area contributed by atoms with Gasteiger partial charge in [-0.05, 0) is 29.3 Å². The Morgan fingerprint density at radius 1 is 1.27 bits per heavy atom. The number of nitrogens with zero attached hydrogens (tertiary/aromatic N) is 2. The van der Waals surface area contributed by atoms with E-state index >= 15 is 0 Å². The highest BCUT2D eigenvalue weighted by atomic mass is 16.5. The predicted octanol–water partition coefficient (Wildman–Crippen LogP) is 3.03. The summed E-state index contributed by atoms with van der Waals surface area (Å²) < 4.78 is 11.0. The molecule has 0 saturated carbocycles. The van der Waals surface area contributed by atoms with E-state index in [1.165, 1.54) is 0 Å². The minimum absolute atomic E-state index is 0.0874. The normalized spacial score (nSPS) is 15.3. The summed E-state index contributed by atoms with van der Waals surface area (Å²) in [5.41, 5.74) is 3.63. The Morgan fingerprint density at radius 3 is 2.96 bits per heavy atom. The molecule has 1 aromatic carbocycles. The molecule has 1 unspecified atom stereocenters. The molecule has 2 aromatic heterocycles. The van der Waals surface area contributed by atoms with Crippen LogP contribution in [0.3, 0.4) is 0 Å². The lowest BCUT2D eigenvalue weighted by atomic mass is 10.0. The molecule has 1 aliphatic rings. The minimum Gasteiger partial charge on any atom is -0.488 e. The second-order valence-electron chi connectivity index (χ2n) is 6.25. The molecule has 1 atom stereocenters. The van der Waals surface area contributed by atoms with Crippen molar-refractivity contribution >= 4 is 5.91 Å². The summed E-state index contributed by atoms with van der Waals surface area (Å²) in [6, 6.07) is 11.7. The van der Waals surface area contributed by atoms with Gasteiger partial charge in [-0.1, -0.05) is 24.2 Å². The van der Waals surface area contributed by atoms with Gasteiger partial charge in [0.25, 0.3) is 5.91 Å². The van der Waals surface area contributed by atoms with Crippen LogP contribution in [-0.4, -0.2) is 28.7 Å². The average molecular weight is 349 g/mol. The zero-order valence-corrected chi connectivity index (χ0v) is 14.4. The van der Waals surface area contributed by atoms with E-state index in [4.69, 9.17) is 9.26 Å². The lowest BCUT2D eigenvalue weighted by Gasteiger charge is -2.10. The predicted molar refractivity (Wildman–Crippen MR) is 96.0 cm³/mol. The molecule has 3 aromatic rings. The van der Waals surface area contributed by atoms with Crippen molar-refractivity contribution in [1.82, 2.24) is 15.5 Å². The van der Waals surface area contributed by atoms with Crippen molar-refractivity contribution in [1.29, 1.82) is 0 Å². The summed E-state index contributed by atoms with van der Waals surface area (Å²) in [6.45, 7) is 2.37. The number of nitrogens with one attached hydrogen (secondary N) is 1. The SMILES string of the molecule is CCc1cc(C(=O)NCC2Cc3cc(-c4cccnc4)ccc3O2)no1. The van der Waals surface area contributed by atoms with Crippen molar-refractivity contribution in [2.75, 3.05) is 6.54 Å². The molecule has 1 aliphatic heterocycles. The van der Waals surface area contributed by atoms with E-state index in [0.29, 0.717) is 24.4 Å². The fraction of sp³-hybridized carbons (Fsp3) is 0.250. The summed E-state index contributed by atoms with van der Waals surface area (Å²) in [7, 11) is 0. The number of carbonyl (C=O) groups excluding carboxylic acids is 1. The van der Waals surface area contributed by atoms with Crippen LogP contribution in [0.2, 0.25) is 0 Å². The van der Waals surface area contributed by atoms with Gasteiger partial charge < -0.3 is 14.6 Å². The van der Waals surface area contributed by atoms with Crippen molar-refractivity contribution in [3.05, 3.63) is 65.8 Å². The fourth-order valence-corrected chi connectivity index (χ4v) is 3.03. The van der Waals surface area contributed by atoms with Gasteiger partial charge >= 0.3 is 0 Å². The largest absolute Gasteiger partial charge is 0.488 e. The summed E-state index contributed by atoms with van der Waals surface area (Å²) in [5, 5.41) is 6.65. The van der Waals surface area contributed by atoms with Gasteiger partial charge in [0.1, 0.15) is 17.6 Å². The number of aromatic nitrogens is 2. The van der Waals surface area contributed by atoms with Gasteiger partial charge in [0.2, 0.25) is 0 Å². The van der Waals surface area contributed by atoms with Crippen LogP contribution in [0, 0.1) is 0 Å². The molecule has 26 heavy (non-hydrogen) atoms. The Hall–Kier alpha value is -3.15. The van der Waals surface area contributed by atoms with E-state index in [2.05, 4.69) is 21.5 Å². The highest BCUT2D eigenvalue weighted by Crippen LogP contribution is 2.32. The first-order chi connectivity index (χ1) is 12.7. The van der Waals surface area contributed by atoms with Crippen LogP contribution < -0.4 is 10.1 Å². The first-order valence-electron chi connectivity index (χ1n) is 8.66. The summed E-state index contributed by atoms with van der Waals surface area (Å²) in [4.78, 5) is 16.3. The Morgan fingerprint density at radius 2 is 2.19 bits per heavy atom. The molecule has 0 aliphatic carbocycles. The maximum atomic E-state index is 12.1. The Kier molecular flexibility index (Phi) is 4.39. The number of hydrogen-bond acceptors (Lipinski definition) is 5. The second-order valence-corrected chi connectivity index (χ2v) is 6.25. The van der Waals surface area contributed by atoms with Crippen LogP contribution in [-0.2, 0) is 12.8 Å². The number of ether oxygens (including phenoxy) is 1. The maximum absolute atomic E-state index is 12.1. The van der Waals surface area contributed by atoms with Gasteiger partial charge in [-0.25, -0.2) is 0 Å². The van der Waals surface area contributed by atoms with E-state index in [9.17, 15) is 4.79 Å². The number of hydrogen-bond donors (Lipinski definition) is 1. The molecule has 0 bridgehead atoms. The molecule has 0 spiro atoms. The van der Waals surface area contributed by atoms with Gasteiger partial charge in [-0.3, -0.25) is 9.78 Å². The second kappa shape index (κ2) is 7.00. The summed E-state index contributed by atoms with van der Waals surface area (Å²) in [6.07, 6.45) is 4.98. The molecule has 6 heteroatoms. The van der Waals surface area contributed by atoms with Gasteiger partial charge in [-0.15, -0.1) is 0 Å². The first-order valence-corrected chi connectivity index (χ1v) is 8.66. The number of aryl methyl sites for hydroxylation is 1. The van der Waals surface area contributed by atoms with Crippen LogP contribution in [0.4, 0.5) is 0 Å². The van der Waals surface area contributed by atoms with Gasteiger partial charge in [0, 0.05) is 36.9 Å². The zero-order chi connectivity index (χ0) is 17.9. The molecule has 0 radical (unpaired) electrons. The quantitative estimate of drug-likeness (QED) is 0.766. The summed E-state index contributed by atoms with van der Waals surface area (Å²) >= 11 is 0. The lowest BCUT2D eigenvalue weighted by molar-refractivity contribution is 0.0924. The number of rotatable bonds is 5. The van der Waals surface area contributed by atoms with Crippen molar-refractivity contribution in [2.24, 2.45) is 0 Å². The van der Waals surface area contributed by atoms with Crippen molar-refractivity contribution < 1.29 is 14.1 Å². The minimum atomic E-state index is -0.246. The number of pyridine rings is 1. The maximum Gasteiger partial charge on any atom is 0.273 e. The Bertz CT molecular complexity index is 921. The zero-order valence-electron chi connectivity index (χ0n) is 14.4. The van der Waals surface area contributed by atoms with Gasteiger partial charge in [0.15, 0.2) is 5.69 Å². The monoisotopic (exact) mass is 349 g/mol. The molecule has 3 heterocycles. The summed E-state index contributed by atoms with van der Waals surface area (Å²) in [5.74, 6) is 1.32. The topological polar surface area (TPSA) is 77.2 Å². The van der Waals surface area contributed by atoms with Crippen LogP contribution >= 0.6 is 0 Å². The van der Waals surface area contributed by atoms with E-state index in [0.717, 1.165) is 28.9 Å². The van der Waals surface area contributed by atoms with Crippen LogP contribution in [0.25, 0.3) is 11.1 Å². The van der Waals surface area contributed by atoms with Crippen LogP contribution in [0.5, 0.6) is 5.75 Å². The molecule has 1 amide bonds. The first kappa shape index (κ1) is 16.3. The van der Waals surface area contributed by atoms with E-state index in [1.54, 1.807) is 12.3 Å². The molecular formula is C20H19N3O3. The van der Waals surface area contributed by atoms with Crippen LogP contribution in [0.1, 0.15) is 28.7 Å². The standard InChI is InChI=1S/C20H19N3O3/c1-2-16-10-18(23-26-16)20(24)22-12-17-9-15-8-13(5-6-19(15)25-17)14-4-3-7-21-11-14/h3-8,10-11,17H,2,9,12H2,1H3,(H,22,24). The number of benzene rings is 1. The number of carbonyl (C=O) groups is 1. The van der Waals surface area contributed by atoms with Crippen LogP contribution in [0.15, 0.2) is 53.3 Å². The van der Waals surface area contributed by atoms with Crippen molar-refractivity contribution in [2.45, 2.75) is 25.9 Å². The Balaban J connectivity index is 1.38. The molecule has 4 rings (SSSR count).